The van der Waals surface area contributed by atoms with Crippen LogP contribution < -0.4 is 5.32 Å². The largest absolute Gasteiger partial charge is 0.347 e. The highest BCUT2D eigenvalue weighted by Gasteiger charge is 2.20. The van der Waals surface area contributed by atoms with Crippen LogP contribution >= 0.6 is 11.3 Å². The van der Waals surface area contributed by atoms with Gasteiger partial charge in [0.05, 0.1) is 23.8 Å². The third-order valence-corrected chi connectivity index (χ3v) is 3.24. The number of aryl methyl sites for hydroxylation is 1. The van der Waals surface area contributed by atoms with Gasteiger partial charge in [0.2, 0.25) is 11.8 Å². The second-order valence-corrected chi connectivity index (χ2v) is 4.76. The summed E-state index contributed by atoms with van der Waals surface area (Å²) in [6.07, 6.45) is 0.370. The van der Waals surface area contributed by atoms with E-state index < -0.39 is 0 Å². The average Bonchev–Trinajstić information content (AvgIpc) is 2.59. The first-order valence-electron chi connectivity index (χ1n) is 5.10. The number of carbonyl (C=O) groups excluding carboxylic acids is 2. The summed E-state index contributed by atoms with van der Waals surface area (Å²) in [5.41, 5.74) is 0.894. The van der Waals surface area contributed by atoms with Crippen LogP contribution in [0.25, 0.3) is 0 Å². The van der Waals surface area contributed by atoms with E-state index >= 15 is 0 Å². The van der Waals surface area contributed by atoms with E-state index in [9.17, 15) is 9.59 Å². The summed E-state index contributed by atoms with van der Waals surface area (Å²) in [7, 11) is 0. The molecule has 0 atom stereocenters. The van der Waals surface area contributed by atoms with Gasteiger partial charge in [0, 0.05) is 18.3 Å². The molecule has 2 rings (SSSR count). The Kier molecular flexibility index (Phi) is 3.19. The van der Waals surface area contributed by atoms with E-state index in [1.165, 1.54) is 0 Å². The summed E-state index contributed by atoms with van der Waals surface area (Å²) < 4.78 is 0. The van der Waals surface area contributed by atoms with E-state index in [-0.39, 0.29) is 18.4 Å². The molecule has 2 heterocycles. The maximum atomic E-state index is 11.7. The molecule has 1 aliphatic rings. The molecule has 0 spiro atoms. The summed E-state index contributed by atoms with van der Waals surface area (Å²) in [6.45, 7) is 3.00. The summed E-state index contributed by atoms with van der Waals surface area (Å²) in [5.74, 6) is -0.109. The van der Waals surface area contributed by atoms with Crippen molar-refractivity contribution < 1.29 is 9.59 Å². The fraction of sp³-hybridized carbons (Fsp3) is 0.500. The minimum Gasteiger partial charge on any atom is -0.347 e. The maximum Gasteiger partial charge on any atom is 0.242 e. The Bertz CT molecular complexity index is 416. The van der Waals surface area contributed by atoms with Crippen LogP contribution in [0.5, 0.6) is 0 Å². The molecule has 6 heteroatoms. The molecule has 1 fully saturated rings. The minimum atomic E-state index is -0.0645. The number of hydrogen-bond donors (Lipinski definition) is 1. The zero-order valence-corrected chi connectivity index (χ0v) is 9.84. The number of nitrogens with zero attached hydrogens (tertiary/aromatic N) is 2. The summed E-state index contributed by atoms with van der Waals surface area (Å²) >= 11 is 1.57. The Balaban J connectivity index is 2.02. The zero-order valence-electron chi connectivity index (χ0n) is 9.02. The number of hydrogen-bond acceptors (Lipinski definition) is 4. The molecule has 2 amide bonds. The predicted molar refractivity (Wildman–Crippen MR) is 59.9 cm³/mol. The van der Waals surface area contributed by atoms with Crippen LogP contribution in [0.15, 0.2) is 5.38 Å². The van der Waals surface area contributed by atoms with E-state index in [1.54, 1.807) is 16.2 Å². The van der Waals surface area contributed by atoms with E-state index in [1.807, 2.05) is 12.3 Å². The van der Waals surface area contributed by atoms with Crippen LogP contribution in [0.2, 0.25) is 0 Å². The van der Waals surface area contributed by atoms with Gasteiger partial charge >= 0.3 is 0 Å². The third kappa shape index (κ3) is 2.57. The van der Waals surface area contributed by atoms with Gasteiger partial charge in [0.1, 0.15) is 0 Å². The highest BCUT2D eigenvalue weighted by Crippen LogP contribution is 2.11. The van der Waals surface area contributed by atoms with Gasteiger partial charge in [0.25, 0.3) is 0 Å². The van der Waals surface area contributed by atoms with E-state index in [4.69, 9.17) is 0 Å². The lowest BCUT2D eigenvalue weighted by Gasteiger charge is -2.18. The van der Waals surface area contributed by atoms with Crippen LogP contribution in [-0.4, -0.2) is 34.8 Å². The van der Waals surface area contributed by atoms with Crippen LogP contribution in [0, 0.1) is 6.92 Å². The minimum absolute atomic E-state index is 0.0449. The van der Waals surface area contributed by atoms with Gasteiger partial charge in [-0.3, -0.25) is 9.59 Å². The van der Waals surface area contributed by atoms with Gasteiger partial charge in [-0.25, -0.2) is 4.98 Å². The summed E-state index contributed by atoms with van der Waals surface area (Å²) in [4.78, 5) is 28.8. The van der Waals surface area contributed by atoms with Gasteiger partial charge in [-0.2, -0.15) is 0 Å². The highest BCUT2D eigenvalue weighted by molar-refractivity contribution is 7.09. The molecule has 0 aliphatic carbocycles. The number of amides is 2. The van der Waals surface area contributed by atoms with E-state index in [2.05, 4.69) is 10.3 Å². The van der Waals surface area contributed by atoms with Crippen molar-refractivity contribution >= 4 is 23.2 Å². The number of rotatable bonds is 2. The smallest absolute Gasteiger partial charge is 0.242 e. The highest BCUT2D eigenvalue weighted by atomic mass is 32.1. The molecule has 1 aliphatic heterocycles. The Morgan fingerprint density at radius 3 is 3.06 bits per heavy atom. The van der Waals surface area contributed by atoms with Gasteiger partial charge in [-0.05, 0) is 6.92 Å². The first kappa shape index (κ1) is 11.1. The van der Waals surface area contributed by atoms with Gasteiger partial charge in [-0.1, -0.05) is 0 Å². The normalized spacial score (nSPS) is 17.2. The zero-order chi connectivity index (χ0) is 11.5. The van der Waals surface area contributed by atoms with Crippen molar-refractivity contribution in [2.45, 2.75) is 19.9 Å². The average molecular weight is 239 g/mol. The van der Waals surface area contributed by atoms with Gasteiger partial charge in [0.15, 0.2) is 0 Å². The molecule has 0 unspecified atom stereocenters. The fourth-order valence-corrected chi connectivity index (χ4v) is 2.18. The molecule has 1 aromatic rings. The first-order valence-corrected chi connectivity index (χ1v) is 5.98. The number of carbonyl (C=O) groups is 2. The van der Waals surface area contributed by atoms with Crippen molar-refractivity contribution in [3.05, 3.63) is 16.1 Å². The van der Waals surface area contributed by atoms with Crippen molar-refractivity contribution in [1.82, 2.24) is 15.2 Å². The number of nitrogens with one attached hydrogen (secondary N) is 1. The van der Waals surface area contributed by atoms with Crippen molar-refractivity contribution in [3.8, 4) is 0 Å². The fourth-order valence-electron chi connectivity index (χ4n) is 1.58. The lowest BCUT2D eigenvalue weighted by Crippen LogP contribution is -2.34. The molecule has 0 saturated carbocycles. The van der Waals surface area contributed by atoms with Gasteiger partial charge < -0.3 is 10.2 Å². The van der Waals surface area contributed by atoms with Crippen LogP contribution in [-0.2, 0) is 16.1 Å². The molecule has 1 saturated heterocycles. The van der Waals surface area contributed by atoms with Crippen molar-refractivity contribution in [1.29, 1.82) is 0 Å². The third-order valence-electron chi connectivity index (χ3n) is 2.42. The predicted octanol–water partition coefficient (Wildman–Crippen LogP) is 0.300. The first-order chi connectivity index (χ1) is 7.65. The monoisotopic (exact) mass is 239 g/mol. The van der Waals surface area contributed by atoms with Crippen molar-refractivity contribution in [2.75, 3.05) is 13.1 Å². The molecule has 16 heavy (non-hydrogen) atoms. The molecule has 5 nitrogen and oxygen atoms in total. The Hall–Kier alpha value is -1.43. The second-order valence-electron chi connectivity index (χ2n) is 3.70. The molecular formula is C10H13N3O2S. The number of aromatic nitrogens is 1. The van der Waals surface area contributed by atoms with Crippen LogP contribution in [0.3, 0.4) is 0 Å². The summed E-state index contributed by atoms with van der Waals surface area (Å²) in [6, 6.07) is 0. The molecule has 0 bridgehead atoms. The molecule has 86 valence electrons. The molecule has 1 aromatic heterocycles. The Morgan fingerprint density at radius 2 is 2.38 bits per heavy atom. The second kappa shape index (κ2) is 4.61. The lowest BCUT2D eigenvalue weighted by molar-refractivity contribution is -0.130. The van der Waals surface area contributed by atoms with Crippen molar-refractivity contribution in [3.63, 3.8) is 0 Å². The summed E-state index contributed by atoms with van der Waals surface area (Å²) in [5, 5.41) is 5.51. The van der Waals surface area contributed by atoms with Gasteiger partial charge in [-0.15, -0.1) is 11.3 Å². The molecule has 0 radical (unpaired) electrons. The Labute approximate surface area is 97.5 Å². The molecule has 0 aromatic carbocycles. The lowest BCUT2D eigenvalue weighted by atomic mass is 10.3. The molecule has 1 N–H and O–H groups in total. The van der Waals surface area contributed by atoms with Crippen LogP contribution in [0.4, 0.5) is 0 Å². The topological polar surface area (TPSA) is 62.3 Å². The number of thiazole rings is 1. The standard InChI is InChI=1S/C10H13N3O2S/c1-7-12-8(6-16-7)5-13-3-2-9(14)11-4-10(13)15/h6H,2-5H2,1H3,(H,11,14). The van der Waals surface area contributed by atoms with Crippen molar-refractivity contribution in [2.24, 2.45) is 0 Å². The van der Waals surface area contributed by atoms with E-state index in [0.717, 1.165) is 10.7 Å². The maximum absolute atomic E-state index is 11.7. The Morgan fingerprint density at radius 1 is 1.56 bits per heavy atom. The van der Waals surface area contributed by atoms with Crippen LogP contribution in [0.1, 0.15) is 17.1 Å². The molecular weight excluding hydrogens is 226 g/mol. The quantitative estimate of drug-likeness (QED) is 0.807. The SMILES string of the molecule is Cc1nc(CN2CCC(=O)NCC2=O)cs1. The van der Waals surface area contributed by atoms with E-state index in [0.29, 0.717) is 19.5 Å².